The van der Waals surface area contributed by atoms with Crippen molar-refractivity contribution >= 4 is 0 Å². The second kappa shape index (κ2) is 5.25. The normalized spacial score (nSPS) is 17.1. The van der Waals surface area contributed by atoms with E-state index in [1.807, 2.05) is 31.3 Å². The predicted molar refractivity (Wildman–Crippen MR) is 78.5 cm³/mol. The highest BCUT2D eigenvalue weighted by atomic mass is 19.1. The second-order valence-corrected chi connectivity index (χ2v) is 5.08. The third-order valence-electron chi connectivity index (χ3n) is 4.09. The Balaban J connectivity index is 2.15. The summed E-state index contributed by atoms with van der Waals surface area (Å²) in [5, 5.41) is 3.32. The van der Waals surface area contributed by atoms with Gasteiger partial charge in [-0.2, -0.15) is 0 Å². The lowest BCUT2D eigenvalue weighted by atomic mass is 9.96. The summed E-state index contributed by atoms with van der Waals surface area (Å²) in [5.41, 5.74) is 4.14. The molecular weight excluding hydrogens is 253 g/mol. The van der Waals surface area contributed by atoms with Gasteiger partial charge >= 0.3 is 0 Å². The highest BCUT2D eigenvalue weighted by Crippen LogP contribution is 2.39. The first-order chi connectivity index (χ1) is 9.76. The molecule has 20 heavy (non-hydrogen) atoms. The molecule has 2 nitrogen and oxygen atoms in total. The Kier molecular flexibility index (Phi) is 3.45. The Morgan fingerprint density at radius 3 is 2.65 bits per heavy atom. The molecule has 3 heteroatoms. The van der Waals surface area contributed by atoms with Crippen molar-refractivity contribution in [3.8, 4) is 16.9 Å². The summed E-state index contributed by atoms with van der Waals surface area (Å²) in [6, 6.07) is 11.8. The van der Waals surface area contributed by atoms with Crippen LogP contribution in [-0.4, -0.2) is 14.2 Å². The van der Waals surface area contributed by atoms with E-state index in [9.17, 15) is 4.39 Å². The highest BCUT2D eigenvalue weighted by molar-refractivity contribution is 5.72. The van der Waals surface area contributed by atoms with Gasteiger partial charge in [-0.15, -0.1) is 0 Å². The molecule has 3 rings (SSSR count). The van der Waals surface area contributed by atoms with Crippen LogP contribution in [-0.2, 0) is 6.42 Å². The zero-order valence-corrected chi connectivity index (χ0v) is 11.7. The minimum absolute atomic E-state index is 0.281. The average molecular weight is 271 g/mol. The zero-order valence-electron chi connectivity index (χ0n) is 11.7. The maximum Gasteiger partial charge on any atom is 0.172 e. The molecule has 1 aliphatic rings. The summed E-state index contributed by atoms with van der Waals surface area (Å²) in [6.07, 6.45) is 2.04. The van der Waals surface area contributed by atoms with Crippen molar-refractivity contribution in [3.05, 3.63) is 53.3 Å². The second-order valence-electron chi connectivity index (χ2n) is 5.08. The predicted octanol–water partition coefficient (Wildman–Crippen LogP) is 3.71. The quantitative estimate of drug-likeness (QED) is 0.919. The highest BCUT2D eigenvalue weighted by Gasteiger charge is 2.24. The van der Waals surface area contributed by atoms with E-state index >= 15 is 0 Å². The fraction of sp³-hybridized carbons (Fsp3) is 0.294. The molecule has 2 aromatic carbocycles. The van der Waals surface area contributed by atoms with Crippen molar-refractivity contribution in [1.29, 1.82) is 0 Å². The van der Waals surface area contributed by atoms with Gasteiger partial charge in [0.2, 0.25) is 0 Å². The van der Waals surface area contributed by atoms with E-state index in [-0.39, 0.29) is 5.82 Å². The summed E-state index contributed by atoms with van der Waals surface area (Å²) in [6.45, 7) is 0. The number of fused-ring (bicyclic) bond motifs is 1. The number of nitrogens with one attached hydrogen (secondary N) is 1. The van der Waals surface area contributed by atoms with Crippen molar-refractivity contribution in [2.45, 2.75) is 18.9 Å². The topological polar surface area (TPSA) is 21.3 Å². The molecule has 0 spiro atoms. The van der Waals surface area contributed by atoms with Crippen LogP contribution in [0.1, 0.15) is 23.6 Å². The van der Waals surface area contributed by atoms with Crippen LogP contribution in [0.15, 0.2) is 36.4 Å². The number of halogens is 1. The zero-order chi connectivity index (χ0) is 14.1. The van der Waals surface area contributed by atoms with E-state index < -0.39 is 0 Å². The molecule has 0 heterocycles. The third-order valence-corrected chi connectivity index (χ3v) is 4.09. The Morgan fingerprint density at radius 2 is 1.90 bits per heavy atom. The van der Waals surface area contributed by atoms with Crippen LogP contribution in [0.2, 0.25) is 0 Å². The summed E-state index contributed by atoms with van der Waals surface area (Å²) >= 11 is 0. The lowest BCUT2D eigenvalue weighted by Crippen LogP contribution is -2.12. The summed E-state index contributed by atoms with van der Waals surface area (Å²) in [7, 11) is 3.47. The molecule has 1 unspecified atom stereocenters. The molecule has 104 valence electrons. The molecule has 0 amide bonds. The lowest BCUT2D eigenvalue weighted by Gasteiger charge is -2.13. The van der Waals surface area contributed by atoms with Crippen molar-refractivity contribution in [2.75, 3.05) is 14.2 Å². The van der Waals surface area contributed by atoms with Gasteiger partial charge in [-0.25, -0.2) is 4.39 Å². The molecule has 0 saturated carbocycles. The van der Waals surface area contributed by atoms with Crippen LogP contribution in [0.25, 0.3) is 11.1 Å². The summed E-state index contributed by atoms with van der Waals surface area (Å²) in [5.74, 6) is 0.0135. The van der Waals surface area contributed by atoms with Crippen LogP contribution in [0, 0.1) is 5.82 Å². The van der Waals surface area contributed by atoms with Gasteiger partial charge in [0.1, 0.15) is 0 Å². The molecule has 0 fully saturated rings. The smallest absolute Gasteiger partial charge is 0.172 e. The molecule has 0 radical (unpaired) electrons. The van der Waals surface area contributed by atoms with E-state index in [2.05, 4.69) is 11.4 Å². The standard InChI is InChI=1S/C17H18FNO/c1-19-15-10-9-12-11(5-3-6-13(12)15)14-7-4-8-16(20-2)17(14)18/h3-8,15,19H,9-10H2,1-2H3. The monoisotopic (exact) mass is 271 g/mol. The number of rotatable bonds is 3. The number of hydrogen-bond acceptors (Lipinski definition) is 2. The Bertz CT molecular complexity index is 639. The lowest BCUT2D eigenvalue weighted by molar-refractivity contribution is 0.387. The van der Waals surface area contributed by atoms with E-state index in [1.165, 1.54) is 18.2 Å². The van der Waals surface area contributed by atoms with Crippen molar-refractivity contribution in [3.63, 3.8) is 0 Å². The van der Waals surface area contributed by atoms with Crippen molar-refractivity contribution in [1.82, 2.24) is 5.32 Å². The van der Waals surface area contributed by atoms with Gasteiger partial charge in [-0.3, -0.25) is 0 Å². The number of benzene rings is 2. The minimum atomic E-state index is -0.281. The Labute approximate surface area is 118 Å². The van der Waals surface area contributed by atoms with Crippen LogP contribution < -0.4 is 10.1 Å². The van der Waals surface area contributed by atoms with Gasteiger partial charge in [-0.1, -0.05) is 30.3 Å². The first-order valence-electron chi connectivity index (χ1n) is 6.88. The molecular formula is C17H18FNO. The van der Waals surface area contributed by atoms with Crippen LogP contribution in [0.4, 0.5) is 4.39 Å². The van der Waals surface area contributed by atoms with E-state index in [4.69, 9.17) is 4.74 Å². The Morgan fingerprint density at radius 1 is 1.15 bits per heavy atom. The molecule has 2 aromatic rings. The van der Waals surface area contributed by atoms with Gasteiger partial charge in [0.05, 0.1) is 7.11 Å². The van der Waals surface area contributed by atoms with Crippen molar-refractivity contribution < 1.29 is 9.13 Å². The first kappa shape index (κ1) is 13.1. The third kappa shape index (κ3) is 1.98. The van der Waals surface area contributed by atoms with Crippen LogP contribution >= 0.6 is 0 Å². The summed E-state index contributed by atoms with van der Waals surface area (Å²) in [4.78, 5) is 0. The molecule has 1 atom stereocenters. The number of methoxy groups -OCH3 is 1. The fourth-order valence-corrected chi connectivity index (χ4v) is 3.08. The number of ether oxygens (including phenoxy) is 1. The van der Waals surface area contributed by atoms with Crippen LogP contribution in [0.5, 0.6) is 5.75 Å². The summed E-state index contributed by atoms with van der Waals surface area (Å²) < 4.78 is 19.5. The fourth-order valence-electron chi connectivity index (χ4n) is 3.08. The molecule has 0 aliphatic heterocycles. The molecule has 0 aromatic heterocycles. The van der Waals surface area contributed by atoms with Gasteiger partial charge in [-0.05, 0) is 42.6 Å². The van der Waals surface area contributed by atoms with Gasteiger partial charge < -0.3 is 10.1 Å². The van der Waals surface area contributed by atoms with Gasteiger partial charge in [0.15, 0.2) is 11.6 Å². The molecule has 0 bridgehead atoms. The number of hydrogen-bond donors (Lipinski definition) is 1. The minimum Gasteiger partial charge on any atom is -0.494 e. The largest absolute Gasteiger partial charge is 0.494 e. The maximum atomic E-state index is 14.5. The Hall–Kier alpha value is -1.87. The SMILES string of the molecule is CNC1CCc2c(-c3cccc(OC)c3F)cccc21. The van der Waals surface area contributed by atoms with E-state index in [0.29, 0.717) is 17.4 Å². The van der Waals surface area contributed by atoms with Crippen molar-refractivity contribution in [2.24, 2.45) is 0 Å². The average Bonchev–Trinajstić information content (AvgIpc) is 2.90. The molecule has 1 N–H and O–H groups in total. The molecule has 1 aliphatic carbocycles. The van der Waals surface area contributed by atoms with Gasteiger partial charge in [0.25, 0.3) is 0 Å². The van der Waals surface area contributed by atoms with Gasteiger partial charge in [0, 0.05) is 11.6 Å². The van der Waals surface area contributed by atoms with Crippen LogP contribution in [0.3, 0.4) is 0 Å². The first-order valence-corrected chi connectivity index (χ1v) is 6.88. The van der Waals surface area contributed by atoms with E-state index in [0.717, 1.165) is 18.4 Å². The van der Waals surface area contributed by atoms with E-state index in [1.54, 1.807) is 6.07 Å². The molecule has 0 saturated heterocycles. The maximum absolute atomic E-state index is 14.5.